The molecule has 0 spiro atoms. The van der Waals surface area contributed by atoms with Crippen molar-refractivity contribution in [2.75, 3.05) is 6.54 Å². The van der Waals surface area contributed by atoms with E-state index in [-0.39, 0.29) is 5.91 Å². The number of carbonyl (C=O) groups excluding carboxylic acids is 1. The highest BCUT2D eigenvalue weighted by atomic mass is 35.5. The van der Waals surface area contributed by atoms with Crippen LogP contribution < -0.4 is 5.32 Å². The van der Waals surface area contributed by atoms with Crippen LogP contribution >= 0.6 is 22.9 Å². The molecule has 1 amide bonds. The fourth-order valence-corrected chi connectivity index (χ4v) is 3.96. The van der Waals surface area contributed by atoms with Crippen LogP contribution in [0.1, 0.15) is 21.6 Å². The monoisotopic (exact) mass is 396 g/mol. The number of halogens is 1. The summed E-state index contributed by atoms with van der Waals surface area (Å²) in [4.78, 5) is 17.7. The van der Waals surface area contributed by atoms with Crippen molar-refractivity contribution in [1.82, 2.24) is 19.9 Å². The molecule has 4 rings (SSSR count). The molecule has 136 valence electrons. The smallest absolute Gasteiger partial charge is 0.252 e. The number of amides is 1. The van der Waals surface area contributed by atoms with Crippen molar-refractivity contribution in [2.24, 2.45) is 0 Å². The lowest BCUT2D eigenvalue weighted by atomic mass is 10.1. The summed E-state index contributed by atoms with van der Waals surface area (Å²) < 4.78 is 1.86. The molecule has 4 aromatic rings. The third kappa shape index (κ3) is 3.59. The number of carbonyl (C=O) groups is 1. The highest BCUT2D eigenvalue weighted by Gasteiger charge is 2.13. The summed E-state index contributed by atoms with van der Waals surface area (Å²) in [6.07, 6.45) is 0.659. The second-order valence-electron chi connectivity index (χ2n) is 6.16. The van der Waals surface area contributed by atoms with Gasteiger partial charge in [0.25, 0.3) is 5.91 Å². The van der Waals surface area contributed by atoms with Crippen molar-refractivity contribution in [3.05, 3.63) is 75.8 Å². The van der Waals surface area contributed by atoms with Gasteiger partial charge in [-0.25, -0.2) is 4.52 Å². The fourth-order valence-electron chi connectivity index (χ4n) is 2.88. The van der Waals surface area contributed by atoms with Gasteiger partial charge < -0.3 is 5.32 Å². The van der Waals surface area contributed by atoms with Crippen molar-refractivity contribution in [3.8, 4) is 11.4 Å². The number of nitrogens with zero attached hydrogens (tertiary/aromatic N) is 3. The van der Waals surface area contributed by atoms with E-state index in [4.69, 9.17) is 11.6 Å². The summed E-state index contributed by atoms with van der Waals surface area (Å²) >= 11 is 7.62. The van der Waals surface area contributed by atoms with E-state index >= 15 is 0 Å². The molecule has 0 aliphatic rings. The SMILES string of the molecule is Cc1ccccc1-c1nc2scc(CCNC(=O)c3ccccc3Cl)n2n1. The summed E-state index contributed by atoms with van der Waals surface area (Å²) in [7, 11) is 0. The molecule has 1 N–H and O–H groups in total. The molecule has 0 saturated carbocycles. The Balaban J connectivity index is 1.48. The van der Waals surface area contributed by atoms with E-state index in [1.54, 1.807) is 35.6 Å². The minimum Gasteiger partial charge on any atom is -0.352 e. The van der Waals surface area contributed by atoms with Gasteiger partial charge in [0.1, 0.15) is 0 Å². The molecule has 0 radical (unpaired) electrons. The molecule has 7 heteroatoms. The Morgan fingerprint density at radius 2 is 1.96 bits per heavy atom. The first-order chi connectivity index (χ1) is 13.1. The Labute approximate surface area is 165 Å². The molecule has 0 aliphatic heterocycles. The van der Waals surface area contributed by atoms with Crippen LogP contribution in [0, 0.1) is 6.92 Å². The Kier molecular flexibility index (Phi) is 4.92. The lowest BCUT2D eigenvalue weighted by Crippen LogP contribution is -2.26. The number of rotatable bonds is 5. The van der Waals surface area contributed by atoms with Crippen molar-refractivity contribution < 1.29 is 4.79 Å². The van der Waals surface area contributed by atoms with E-state index in [9.17, 15) is 4.79 Å². The average molecular weight is 397 g/mol. The minimum atomic E-state index is -0.175. The third-order valence-electron chi connectivity index (χ3n) is 4.32. The molecular weight excluding hydrogens is 380 g/mol. The lowest BCUT2D eigenvalue weighted by molar-refractivity contribution is 0.0954. The van der Waals surface area contributed by atoms with Crippen LogP contribution in [0.25, 0.3) is 16.3 Å². The Bertz CT molecular complexity index is 1120. The largest absolute Gasteiger partial charge is 0.352 e. The molecule has 2 aromatic carbocycles. The molecule has 0 aliphatic carbocycles. The molecule has 2 heterocycles. The van der Waals surface area contributed by atoms with Crippen LogP contribution in [-0.2, 0) is 6.42 Å². The van der Waals surface area contributed by atoms with Gasteiger partial charge in [0.15, 0.2) is 5.82 Å². The van der Waals surface area contributed by atoms with Crippen molar-refractivity contribution in [2.45, 2.75) is 13.3 Å². The zero-order valence-electron chi connectivity index (χ0n) is 14.6. The molecular formula is C20H17ClN4OS. The van der Waals surface area contributed by atoms with Crippen LogP contribution in [0.15, 0.2) is 53.9 Å². The zero-order chi connectivity index (χ0) is 18.8. The minimum absolute atomic E-state index is 0.175. The van der Waals surface area contributed by atoms with Crippen LogP contribution in [-0.4, -0.2) is 27.0 Å². The highest BCUT2D eigenvalue weighted by molar-refractivity contribution is 7.15. The molecule has 0 unspecified atom stereocenters. The van der Waals surface area contributed by atoms with Crippen LogP contribution in [0.2, 0.25) is 5.02 Å². The van der Waals surface area contributed by atoms with Crippen molar-refractivity contribution in [1.29, 1.82) is 0 Å². The molecule has 5 nitrogen and oxygen atoms in total. The molecule has 2 aromatic heterocycles. The molecule has 27 heavy (non-hydrogen) atoms. The number of fused-ring (bicyclic) bond motifs is 1. The van der Waals surface area contributed by atoms with Gasteiger partial charge in [0, 0.05) is 23.9 Å². The van der Waals surface area contributed by atoms with E-state index < -0.39 is 0 Å². The number of aromatic nitrogens is 3. The number of benzene rings is 2. The van der Waals surface area contributed by atoms with Crippen LogP contribution in [0.3, 0.4) is 0 Å². The fraction of sp³-hybridized carbons (Fsp3) is 0.150. The summed E-state index contributed by atoms with van der Waals surface area (Å²) in [6, 6.07) is 15.1. The Morgan fingerprint density at radius 3 is 2.78 bits per heavy atom. The van der Waals surface area contributed by atoms with Crippen LogP contribution in [0.5, 0.6) is 0 Å². The number of thiazole rings is 1. The molecule has 0 atom stereocenters. The summed E-state index contributed by atoms with van der Waals surface area (Å²) in [5.74, 6) is 0.549. The Hall–Kier alpha value is -2.70. The van der Waals surface area contributed by atoms with Crippen molar-refractivity contribution in [3.63, 3.8) is 0 Å². The summed E-state index contributed by atoms with van der Waals surface area (Å²) in [5, 5.41) is 10.0. The maximum atomic E-state index is 12.3. The highest BCUT2D eigenvalue weighted by Crippen LogP contribution is 2.23. The van der Waals surface area contributed by atoms with E-state index in [0.29, 0.717) is 23.6 Å². The number of hydrogen-bond donors (Lipinski definition) is 1. The maximum absolute atomic E-state index is 12.3. The first-order valence-corrected chi connectivity index (χ1v) is 9.81. The molecule has 0 saturated heterocycles. The number of nitrogens with one attached hydrogen (secondary N) is 1. The summed E-state index contributed by atoms with van der Waals surface area (Å²) in [6.45, 7) is 2.55. The quantitative estimate of drug-likeness (QED) is 0.544. The van der Waals surface area contributed by atoms with E-state index in [2.05, 4.69) is 28.4 Å². The predicted octanol–water partition coefficient (Wildman–Crippen LogP) is 4.39. The van der Waals surface area contributed by atoms with Gasteiger partial charge in [-0.15, -0.1) is 16.4 Å². The van der Waals surface area contributed by atoms with E-state index in [1.165, 1.54) is 0 Å². The summed E-state index contributed by atoms with van der Waals surface area (Å²) in [5.41, 5.74) is 3.68. The third-order valence-corrected chi connectivity index (χ3v) is 5.52. The molecule has 0 bridgehead atoms. The van der Waals surface area contributed by atoms with E-state index in [1.807, 2.05) is 28.1 Å². The molecule has 0 fully saturated rings. The van der Waals surface area contributed by atoms with Gasteiger partial charge in [-0.2, -0.15) is 4.98 Å². The van der Waals surface area contributed by atoms with E-state index in [0.717, 1.165) is 27.6 Å². The first kappa shape index (κ1) is 17.7. The lowest BCUT2D eigenvalue weighted by Gasteiger charge is -2.06. The standard InChI is InChI=1S/C20H17ClN4OS/c1-13-6-2-3-7-15(13)18-23-20-25(24-18)14(12-27-20)10-11-22-19(26)16-8-4-5-9-17(16)21/h2-9,12H,10-11H2,1H3,(H,22,26). The van der Waals surface area contributed by atoms with Crippen molar-refractivity contribution >= 4 is 33.8 Å². The Morgan fingerprint density at radius 1 is 1.19 bits per heavy atom. The predicted molar refractivity (Wildman–Crippen MR) is 109 cm³/mol. The zero-order valence-corrected chi connectivity index (χ0v) is 16.2. The van der Waals surface area contributed by atoms with Crippen LogP contribution in [0.4, 0.5) is 0 Å². The van der Waals surface area contributed by atoms with Gasteiger partial charge in [0.2, 0.25) is 4.96 Å². The second-order valence-corrected chi connectivity index (χ2v) is 7.40. The average Bonchev–Trinajstić information content (AvgIpc) is 3.24. The first-order valence-electron chi connectivity index (χ1n) is 8.55. The van der Waals surface area contributed by atoms with Gasteiger partial charge in [0.05, 0.1) is 16.3 Å². The second kappa shape index (κ2) is 7.50. The van der Waals surface area contributed by atoms with Gasteiger partial charge in [-0.05, 0) is 24.6 Å². The topological polar surface area (TPSA) is 59.3 Å². The van der Waals surface area contributed by atoms with Gasteiger partial charge >= 0.3 is 0 Å². The van der Waals surface area contributed by atoms with Gasteiger partial charge in [-0.1, -0.05) is 48.0 Å². The maximum Gasteiger partial charge on any atom is 0.252 e. The van der Waals surface area contributed by atoms with Gasteiger partial charge in [-0.3, -0.25) is 4.79 Å². The normalized spacial score (nSPS) is 11.0. The number of hydrogen-bond acceptors (Lipinski definition) is 4. The number of aryl methyl sites for hydroxylation is 1.